The van der Waals surface area contributed by atoms with E-state index in [9.17, 15) is 0 Å². The summed E-state index contributed by atoms with van der Waals surface area (Å²) in [5.74, 6) is 0. The molecule has 0 spiro atoms. The van der Waals surface area contributed by atoms with Crippen LogP contribution in [0.5, 0.6) is 0 Å². The van der Waals surface area contributed by atoms with Gasteiger partial charge in [-0.1, -0.05) is 60.7 Å². The van der Waals surface area contributed by atoms with Gasteiger partial charge in [0.05, 0.1) is 0 Å². The molecular weight excluding hydrogens is 312 g/mol. The van der Waals surface area contributed by atoms with Crippen molar-refractivity contribution in [3.8, 4) is 11.1 Å². The summed E-state index contributed by atoms with van der Waals surface area (Å²) in [4.78, 5) is 0. The fourth-order valence-electron chi connectivity index (χ4n) is 2.85. The van der Waals surface area contributed by atoms with Crippen LogP contribution in [0.25, 0.3) is 11.1 Å². The van der Waals surface area contributed by atoms with Gasteiger partial charge in [0, 0.05) is 0 Å². The van der Waals surface area contributed by atoms with Gasteiger partial charge in [-0.2, -0.15) is 0 Å². The van der Waals surface area contributed by atoms with Crippen molar-refractivity contribution in [1.82, 2.24) is 0 Å². The van der Waals surface area contributed by atoms with E-state index in [2.05, 4.69) is 104 Å². The molecule has 0 aromatic heterocycles. The van der Waals surface area contributed by atoms with E-state index in [1.165, 1.54) is 31.7 Å². The van der Waals surface area contributed by atoms with E-state index in [1.807, 2.05) is 12.1 Å². The van der Waals surface area contributed by atoms with Crippen molar-refractivity contribution >= 4 is 0 Å². The fraction of sp³-hybridized carbons (Fsp3) is 0.273. The summed E-state index contributed by atoms with van der Waals surface area (Å²) in [7, 11) is 0. The maximum Gasteiger partial charge on any atom is -0.0184 e. The number of hydrogen-bond donors (Lipinski definition) is 0. The largest absolute Gasteiger partial charge is 0.0622 e. The van der Waals surface area contributed by atoms with Crippen molar-refractivity contribution in [1.29, 1.82) is 0 Å². The van der Waals surface area contributed by atoms with Crippen LogP contribution in [0.4, 0.5) is 0 Å². The van der Waals surface area contributed by atoms with E-state index in [0.29, 0.717) is 5.41 Å². The molecule has 0 fully saturated rings. The Bertz CT molecular complexity index is 656. The van der Waals surface area contributed by atoms with Crippen LogP contribution in [0.1, 0.15) is 34.6 Å². The Morgan fingerprint density at radius 2 is 1.04 bits per heavy atom. The molecule has 3 rings (SSSR count). The Hall–Kier alpha value is -1.37. The van der Waals surface area contributed by atoms with E-state index >= 15 is 0 Å². The van der Waals surface area contributed by atoms with Gasteiger partial charge < -0.3 is 0 Å². The molecule has 2 aromatic carbocycles. The van der Waals surface area contributed by atoms with Crippen molar-refractivity contribution in [2.75, 3.05) is 0 Å². The molecule has 1 aliphatic carbocycles. The Morgan fingerprint density at radius 1 is 0.652 bits per heavy atom. The van der Waals surface area contributed by atoms with Crippen LogP contribution >= 0.6 is 0 Å². The van der Waals surface area contributed by atoms with Gasteiger partial charge >= 0.3 is 81.1 Å². The predicted octanol–water partition coefficient (Wildman–Crippen LogP) is 6.54. The third-order valence-corrected chi connectivity index (χ3v) is 6.50. The minimum atomic E-state index is 0.314. The molecule has 23 heavy (non-hydrogen) atoms. The van der Waals surface area contributed by atoms with Crippen molar-refractivity contribution < 1.29 is 20.4 Å². The molecule has 0 bridgehead atoms. The van der Waals surface area contributed by atoms with Crippen LogP contribution in [-0.4, -0.2) is 0 Å². The smallest absolute Gasteiger partial charge is 0.0184 e. The van der Waals surface area contributed by atoms with E-state index in [-0.39, 0.29) is 0 Å². The zero-order valence-corrected chi connectivity index (χ0v) is 16.3. The SMILES string of the molecule is CC1=C(C)C(C)(C)[C]([Ti])=C1C.c1ccc(-c2ccccc2)cc1. The van der Waals surface area contributed by atoms with E-state index < -0.39 is 0 Å². The molecule has 0 aliphatic heterocycles. The molecule has 0 amide bonds. The Balaban J connectivity index is 0.000000168. The zero-order valence-electron chi connectivity index (χ0n) is 14.8. The molecule has 0 N–H and O–H groups in total. The summed E-state index contributed by atoms with van der Waals surface area (Å²) in [6.45, 7) is 11.3. The van der Waals surface area contributed by atoms with E-state index in [1.54, 1.807) is 0 Å². The third-order valence-electron chi connectivity index (χ3n) is 4.94. The second-order valence-electron chi connectivity index (χ2n) is 6.61. The molecule has 0 unspecified atom stereocenters. The maximum atomic E-state index is 2.30. The Labute approximate surface area is 152 Å². The average Bonchev–Trinajstić information content (AvgIpc) is 2.72. The second-order valence-corrected chi connectivity index (χ2v) is 7.39. The summed E-state index contributed by atoms with van der Waals surface area (Å²) in [5, 5.41) is 0. The molecule has 0 heterocycles. The first kappa shape index (κ1) is 18.0. The summed E-state index contributed by atoms with van der Waals surface area (Å²) in [6.07, 6.45) is 0. The number of allylic oxidation sites excluding steroid dienone is 4. The van der Waals surface area contributed by atoms with Gasteiger partial charge in [0.1, 0.15) is 0 Å². The number of benzene rings is 2. The predicted molar refractivity (Wildman–Crippen MR) is 96.7 cm³/mol. The minimum Gasteiger partial charge on any atom is -0.0622 e. The topological polar surface area (TPSA) is 0 Å². The summed E-state index contributed by atoms with van der Waals surface area (Å²) in [5.41, 5.74) is 7.39. The average molecular weight is 337 g/mol. The molecule has 0 nitrogen and oxygen atoms in total. The maximum absolute atomic E-state index is 2.30. The van der Waals surface area contributed by atoms with Gasteiger partial charge in [0.15, 0.2) is 0 Å². The molecule has 1 aliphatic rings. The quantitative estimate of drug-likeness (QED) is 0.519. The van der Waals surface area contributed by atoms with Crippen LogP contribution in [0, 0.1) is 5.41 Å². The zero-order chi connectivity index (χ0) is 17.0. The van der Waals surface area contributed by atoms with Crippen molar-refractivity contribution in [2.24, 2.45) is 5.41 Å². The van der Waals surface area contributed by atoms with E-state index in [4.69, 9.17) is 0 Å². The van der Waals surface area contributed by atoms with Crippen LogP contribution in [0.15, 0.2) is 81.3 Å². The van der Waals surface area contributed by atoms with Gasteiger partial charge in [-0.3, -0.25) is 0 Å². The molecule has 1 heteroatoms. The van der Waals surface area contributed by atoms with Crippen molar-refractivity contribution in [2.45, 2.75) is 34.6 Å². The Kier molecular flexibility index (Phi) is 5.84. The molecule has 117 valence electrons. The van der Waals surface area contributed by atoms with Gasteiger partial charge in [-0.05, 0) is 11.1 Å². The van der Waals surface area contributed by atoms with Gasteiger partial charge in [0.2, 0.25) is 0 Å². The summed E-state index contributed by atoms with van der Waals surface area (Å²) >= 11 is 2.25. The van der Waals surface area contributed by atoms with Crippen LogP contribution < -0.4 is 0 Å². The third kappa shape index (κ3) is 3.94. The molecular formula is C22H25Ti. The van der Waals surface area contributed by atoms with Crippen LogP contribution in [-0.2, 0) is 20.4 Å². The van der Waals surface area contributed by atoms with Gasteiger partial charge in [0.25, 0.3) is 0 Å². The minimum absolute atomic E-state index is 0.314. The van der Waals surface area contributed by atoms with Crippen LogP contribution in [0.2, 0.25) is 0 Å². The number of rotatable bonds is 1. The first-order chi connectivity index (χ1) is 10.9. The summed E-state index contributed by atoms with van der Waals surface area (Å²) < 4.78 is 1.53. The molecule has 0 atom stereocenters. The van der Waals surface area contributed by atoms with Crippen LogP contribution in [0.3, 0.4) is 0 Å². The summed E-state index contributed by atoms with van der Waals surface area (Å²) in [6, 6.07) is 20.8. The molecule has 0 saturated heterocycles. The first-order valence-corrected chi connectivity index (χ1v) is 8.85. The normalized spacial score (nSPS) is 16.2. The van der Waals surface area contributed by atoms with Gasteiger partial charge in [-0.25, -0.2) is 0 Å². The molecule has 0 radical (unpaired) electrons. The standard InChI is InChI=1S/C12H10.C10H15.Ti/c1-3-7-11(8-4-1)12-9-5-2-6-10-12;1-7-6-10(4,5)9(3)8(7)2;/h1-10H;1-5H3;. The van der Waals surface area contributed by atoms with E-state index in [0.717, 1.165) is 0 Å². The van der Waals surface area contributed by atoms with Gasteiger partial charge in [-0.15, -0.1) is 0 Å². The first-order valence-electron chi connectivity index (χ1n) is 8.07. The number of hydrogen-bond acceptors (Lipinski definition) is 0. The second kappa shape index (κ2) is 7.47. The molecule has 0 saturated carbocycles. The van der Waals surface area contributed by atoms with Crippen molar-refractivity contribution in [3.05, 3.63) is 81.3 Å². The Morgan fingerprint density at radius 3 is 1.26 bits per heavy atom. The molecule has 2 aromatic rings. The fourth-order valence-corrected chi connectivity index (χ4v) is 3.44. The monoisotopic (exact) mass is 337 g/mol. The van der Waals surface area contributed by atoms with Crippen molar-refractivity contribution in [3.63, 3.8) is 0 Å².